The zero-order valence-corrected chi connectivity index (χ0v) is 18.1. The minimum Gasteiger partial charge on any atom is -0.508 e. The average Bonchev–Trinajstić information content (AvgIpc) is 3.16. The number of aromatic amines is 1. The van der Waals surface area contributed by atoms with Gasteiger partial charge in [0, 0.05) is 31.0 Å². The van der Waals surface area contributed by atoms with Gasteiger partial charge in [-0.15, -0.1) is 0 Å². The lowest BCUT2D eigenvalue weighted by atomic mass is 10.2. The largest absolute Gasteiger partial charge is 0.508 e. The van der Waals surface area contributed by atoms with E-state index in [0.717, 1.165) is 30.0 Å². The summed E-state index contributed by atoms with van der Waals surface area (Å²) in [6.45, 7) is 6.28. The summed E-state index contributed by atoms with van der Waals surface area (Å²) < 4.78 is 5.81. The lowest BCUT2D eigenvalue weighted by molar-refractivity contribution is -0.00521. The molecular formula is C23H28N6O3. The highest BCUT2D eigenvalue weighted by molar-refractivity contribution is 6.03. The highest BCUT2D eigenvalue weighted by Crippen LogP contribution is 2.27. The fourth-order valence-electron chi connectivity index (χ4n) is 3.89. The number of benzene rings is 2. The number of amides is 1. The number of aromatic nitrogens is 2. The average molecular weight is 437 g/mol. The summed E-state index contributed by atoms with van der Waals surface area (Å²) in [6, 6.07) is 14.8. The highest BCUT2D eigenvalue weighted by atomic mass is 16.5. The van der Waals surface area contributed by atoms with Gasteiger partial charge in [0.2, 0.25) is 0 Å². The molecule has 6 N–H and O–H groups in total. The minimum atomic E-state index is -0.595. The summed E-state index contributed by atoms with van der Waals surface area (Å²) in [4.78, 5) is 14.4. The van der Waals surface area contributed by atoms with Crippen LogP contribution in [0, 0.1) is 0 Å². The van der Waals surface area contributed by atoms with Crippen LogP contribution in [0.3, 0.4) is 0 Å². The Morgan fingerprint density at radius 2 is 1.81 bits per heavy atom. The van der Waals surface area contributed by atoms with Gasteiger partial charge in [0.15, 0.2) is 5.82 Å². The van der Waals surface area contributed by atoms with Gasteiger partial charge in [0.1, 0.15) is 17.1 Å². The Morgan fingerprint density at radius 1 is 1.16 bits per heavy atom. The fraction of sp³-hybridized carbons (Fsp3) is 0.304. The van der Waals surface area contributed by atoms with E-state index in [2.05, 4.69) is 39.6 Å². The van der Waals surface area contributed by atoms with E-state index in [1.54, 1.807) is 24.3 Å². The van der Waals surface area contributed by atoms with Crippen molar-refractivity contribution in [2.75, 3.05) is 28.6 Å². The molecule has 9 heteroatoms. The summed E-state index contributed by atoms with van der Waals surface area (Å²) in [6.07, 6.45) is 0.374. The summed E-state index contributed by atoms with van der Waals surface area (Å²) in [5.41, 5.74) is 8.73. The van der Waals surface area contributed by atoms with Gasteiger partial charge in [-0.3, -0.25) is 9.89 Å². The second-order valence-electron chi connectivity index (χ2n) is 8.04. The first-order chi connectivity index (χ1) is 15.4. The van der Waals surface area contributed by atoms with Crippen molar-refractivity contribution in [2.45, 2.75) is 32.6 Å². The molecule has 1 fully saturated rings. The molecule has 0 spiro atoms. The van der Waals surface area contributed by atoms with Gasteiger partial charge < -0.3 is 31.1 Å². The molecule has 0 saturated carbocycles. The Kier molecular flexibility index (Phi) is 6.18. The smallest absolute Gasteiger partial charge is 0.256 e. The molecule has 0 bridgehead atoms. The number of ether oxygens (including phenoxy) is 1. The maximum atomic E-state index is 12.1. The summed E-state index contributed by atoms with van der Waals surface area (Å²) in [5.74, 6) is 0.386. The van der Waals surface area contributed by atoms with Crippen molar-refractivity contribution in [1.82, 2.24) is 10.2 Å². The van der Waals surface area contributed by atoms with Crippen LogP contribution in [0.25, 0.3) is 0 Å². The topological polar surface area (TPSA) is 129 Å². The lowest BCUT2D eigenvalue weighted by Crippen LogP contribution is -2.45. The van der Waals surface area contributed by atoms with Crippen molar-refractivity contribution >= 4 is 28.9 Å². The standard InChI is InChI=1S/C23H28N6O3/c1-14-12-29(13-15(2)32-14)18-7-5-17(6-8-18)26-23-20(21(24)31)22(27-28-23)25-11-16-3-9-19(30)10-4-16/h3-10,14-15,30H,11-13H2,1-2H3,(H2,24,31)(H3,25,26,27,28). The monoisotopic (exact) mass is 436 g/mol. The number of nitrogens with zero attached hydrogens (tertiary/aromatic N) is 2. The second kappa shape index (κ2) is 9.19. The molecule has 1 saturated heterocycles. The Labute approximate surface area is 186 Å². The highest BCUT2D eigenvalue weighted by Gasteiger charge is 2.22. The van der Waals surface area contributed by atoms with Gasteiger partial charge in [0.25, 0.3) is 5.91 Å². The predicted molar refractivity (Wildman–Crippen MR) is 124 cm³/mol. The summed E-state index contributed by atoms with van der Waals surface area (Å²) in [7, 11) is 0. The number of hydrogen-bond donors (Lipinski definition) is 5. The van der Waals surface area contributed by atoms with Gasteiger partial charge in [0.05, 0.1) is 12.2 Å². The van der Waals surface area contributed by atoms with Crippen LogP contribution in [0.2, 0.25) is 0 Å². The van der Waals surface area contributed by atoms with E-state index < -0.39 is 5.91 Å². The van der Waals surface area contributed by atoms with Crippen LogP contribution in [0.1, 0.15) is 29.8 Å². The van der Waals surface area contributed by atoms with Gasteiger partial charge in [-0.25, -0.2) is 0 Å². The van der Waals surface area contributed by atoms with E-state index in [4.69, 9.17) is 10.5 Å². The van der Waals surface area contributed by atoms with E-state index in [-0.39, 0.29) is 23.5 Å². The van der Waals surface area contributed by atoms with Crippen molar-refractivity contribution in [3.05, 3.63) is 59.7 Å². The molecule has 1 amide bonds. The molecule has 2 aromatic carbocycles. The van der Waals surface area contributed by atoms with Crippen molar-refractivity contribution < 1.29 is 14.6 Å². The molecule has 2 unspecified atom stereocenters. The van der Waals surface area contributed by atoms with Crippen LogP contribution in [0.5, 0.6) is 5.75 Å². The Morgan fingerprint density at radius 3 is 2.44 bits per heavy atom. The van der Waals surface area contributed by atoms with E-state index in [1.165, 1.54) is 0 Å². The van der Waals surface area contributed by atoms with Gasteiger partial charge in [-0.05, 0) is 55.8 Å². The van der Waals surface area contributed by atoms with Crippen molar-refractivity contribution in [3.8, 4) is 5.75 Å². The summed E-state index contributed by atoms with van der Waals surface area (Å²) in [5, 5.41) is 22.8. The first kappa shape index (κ1) is 21.5. The number of aromatic hydroxyl groups is 1. The number of hydrogen-bond acceptors (Lipinski definition) is 7. The molecule has 32 heavy (non-hydrogen) atoms. The molecule has 1 aliphatic heterocycles. The number of H-pyrrole nitrogens is 1. The van der Waals surface area contributed by atoms with Crippen molar-refractivity contribution in [3.63, 3.8) is 0 Å². The number of nitrogens with two attached hydrogens (primary N) is 1. The van der Waals surface area contributed by atoms with Crippen LogP contribution in [-0.2, 0) is 11.3 Å². The molecule has 0 aliphatic carbocycles. The van der Waals surface area contributed by atoms with Gasteiger partial charge >= 0.3 is 0 Å². The second-order valence-corrected chi connectivity index (χ2v) is 8.04. The number of nitrogens with one attached hydrogen (secondary N) is 3. The Hall–Kier alpha value is -3.72. The molecule has 2 atom stereocenters. The molecule has 1 aromatic heterocycles. The number of anilines is 4. The maximum Gasteiger partial charge on any atom is 0.256 e. The molecule has 9 nitrogen and oxygen atoms in total. The maximum absolute atomic E-state index is 12.1. The van der Waals surface area contributed by atoms with Crippen LogP contribution >= 0.6 is 0 Å². The summed E-state index contributed by atoms with van der Waals surface area (Å²) >= 11 is 0. The minimum absolute atomic E-state index is 0.187. The Balaban J connectivity index is 1.45. The van der Waals surface area contributed by atoms with E-state index >= 15 is 0 Å². The Bertz CT molecular complexity index is 1050. The number of primary amides is 1. The van der Waals surface area contributed by atoms with Crippen LogP contribution in [0.15, 0.2) is 48.5 Å². The van der Waals surface area contributed by atoms with Gasteiger partial charge in [-0.1, -0.05) is 12.1 Å². The number of morpholine rings is 1. The van der Waals surface area contributed by atoms with Crippen molar-refractivity contribution in [2.24, 2.45) is 5.73 Å². The molecule has 4 rings (SSSR count). The van der Waals surface area contributed by atoms with Crippen LogP contribution in [-0.4, -0.2) is 46.5 Å². The molecule has 168 valence electrons. The normalized spacial score (nSPS) is 18.4. The fourth-order valence-corrected chi connectivity index (χ4v) is 3.89. The van der Waals surface area contributed by atoms with Crippen LogP contribution in [0.4, 0.5) is 23.0 Å². The van der Waals surface area contributed by atoms with Crippen molar-refractivity contribution in [1.29, 1.82) is 0 Å². The predicted octanol–water partition coefficient (Wildman–Crippen LogP) is 3.18. The molecule has 3 aromatic rings. The molecule has 1 aliphatic rings. The number of rotatable bonds is 7. The third-order valence-electron chi connectivity index (χ3n) is 5.33. The zero-order valence-electron chi connectivity index (χ0n) is 18.1. The number of phenols is 1. The van der Waals surface area contributed by atoms with E-state index in [9.17, 15) is 9.90 Å². The zero-order chi connectivity index (χ0) is 22.7. The van der Waals surface area contributed by atoms with Gasteiger partial charge in [-0.2, -0.15) is 5.10 Å². The third-order valence-corrected chi connectivity index (χ3v) is 5.33. The van der Waals surface area contributed by atoms with E-state index in [1.807, 2.05) is 24.3 Å². The number of carbonyl (C=O) groups is 1. The molecule has 0 radical (unpaired) electrons. The first-order valence-electron chi connectivity index (χ1n) is 10.6. The first-order valence-corrected chi connectivity index (χ1v) is 10.6. The SMILES string of the molecule is CC1CN(c2ccc(Nc3[nH]nc(NCc4ccc(O)cc4)c3C(N)=O)cc2)CC(C)O1. The molecular weight excluding hydrogens is 408 g/mol. The lowest BCUT2D eigenvalue weighted by Gasteiger charge is -2.36. The quantitative estimate of drug-likeness (QED) is 0.385. The van der Waals surface area contributed by atoms with Crippen LogP contribution < -0.4 is 21.3 Å². The number of carbonyl (C=O) groups excluding carboxylic acids is 1. The van der Waals surface area contributed by atoms with E-state index in [0.29, 0.717) is 18.2 Å². The number of phenolic OH excluding ortho intramolecular Hbond substituents is 1. The molecule has 2 heterocycles. The third kappa shape index (κ3) is 4.94.